The van der Waals surface area contributed by atoms with Crippen LogP contribution < -0.4 is 5.32 Å². The zero-order valence-corrected chi connectivity index (χ0v) is 10.9. The molecule has 1 aliphatic rings. The van der Waals surface area contributed by atoms with Crippen molar-refractivity contribution in [2.75, 3.05) is 0 Å². The molecule has 0 aliphatic heterocycles. The summed E-state index contributed by atoms with van der Waals surface area (Å²) in [5.74, 6) is -2.26. The maximum absolute atomic E-state index is 12.4. The highest BCUT2D eigenvalue weighted by atomic mass is 19.4. The van der Waals surface area contributed by atoms with E-state index in [2.05, 4.69) is 10.3 Å². The number of carboxylic acids is 1. The highest BCUT2D eigenvalue weighted by molar-refractivity contribution is 5.94. The summed E-state index contributed by atoms with van der Waals surface area (Å²) in [6, 6.07) is 1.24. The van der Waals surface area contributed by atoms with E-state index in [-0.39, 0.29) is 5.56 Å². The molecule has 1 heterocycles. The maximum atomic E-state index is 12.4. The minimum Gasteiger partial charge on any atom is -0.481 e. The first-order chi connectivity index (χ1) is 9.79. The number of pyridine rings is 1. The van der Waals surface area contributed by atoms with Crippen molar-refractivity contribution in [2.45, 2.75) is 31.5 Å². The average molecular weight is 302 g/mol. The molecule has 114 valence electrons. The molecule has 0 saturated heterocycles. The van der Waals surface area contributed by atoms with Crippen LogP contribution in [0.2, 0.25) is 0 Å². The Kier molecular flexibility index (Phi) is 4.15. The van der Waals surface area contributed by atoms with Gasteiger partial charge in [0.05, 0.1) is 11.5 Å². The van der Waals surface area contributed by atoms with E-state index >= 15 is 0 Å². The number of aliphatic carboxylic acids is 1. The highest BCUT2D eigenvalue weighted by Crippen LogP contribution is 2.28. The number of carbonyl (C=O) groups excluding carboxylic acids is 1. The van der Waals surface area contributed by atoms with E-state index in [1.807, 2.05) is 0 Å². The number of halogens is 3. The van der Waals surface area contributed by atoms with Crippen molar-refractivity contribution in [2.24, 2.45) is 5.92 Å². The molecule has 21 heavy (non-hydrogen) atoms. The first-order valence-corrected chi connectivity index (χ1v) is 6.36. The third kappa shape index (κ3) is 3.50. The second-order valence-electron chi connectivity index (χ2n) is 4.89. The molecule has 1 aromatic heterocycles. The summed E-state index contributed by atoms with van der Waals surface area (Å²) in [5, 5.41) is 11.5. The Bertz CT molecular complexity index is 543. The largest absolute Gasteiger partial charge is 0.481 e. The summed E-state index contributed by atoms with van der Waals surface area (Å²) in [6.07, 6.45) is -2.02. The van der Waals surface area contributed by atoms with Crippen molar-refractivity contribution in [3.63, 3.8) is 0 Å². The molecule has 0 aromatic carbocycles. The number of alkyl halides is 3. The average Bonchev–Trinajstić information content (AvgIpc) is 2.86. The molecule has 1 saturated carbocycles. The van der Waals surface area contributed by atoms with Crippen LogP contribution in [0.5, 0.6) is 0 Å². The fourth-order valence-electron chi connectivity index (χ4n) is 2.38. The Balaban J connectivity index is 2.05. The van der Waals surface area contributed by atoms with Crippen molar-refractivity contribution in [1.29, 1.82) is 0 Å². The fraction of sp³-hybridized carbons (Fsp3) is 0.462. The molecule has 0 radical (unpaired) electrons. The van der Waals surface area contributed by atoms with Crippen molar-refractivity contribution >= 4 is 11.9 Å². The second-order valence-corrected chi connectivity index (χ2v) is 4.89. The summed E-state index contributed by atoms with van der Waals surface area (Å²) >= 11 is 0. The highest BCUT2D eigenvalue weighted by Gasteiger charge is 2.35. The van der Waals surface area contributed by atoms with E-state index in [4.69, 9.17) is 5.11 Å². The molecule has 8 heteroatoms. The lowest BCUT2D eigenvalue weighted by Gasteiger charge is -2.17. The number of carboxylic acid groups (broad SMARTS) is 1. The zero-order valence-electron chi connectivity index (χ0n) is 10.9. The standard InChI is InChI=1S/C13H13F3N2O3/c14-13(15,16)10-5-4-7(6-17-10)11(19)18-9-3-1-2-8(9)12(20)21/h4-6,8-9H,1-3H2,(H,18,19)(H,20,21). The van der Waals surface area contributed by atoms with Gasteiger partial charge in [0, 0.05) is 12.2 Å². The van der Waals surface area contributed by atoms with Crippen LogP contribution in [0.4, 0.5) is 13.2 Å². The van der Waals surface area contributed by atoms with Crippen LogP contribution in [-0.4, -0.2) is 28.0 Å². The predicted octanol–water partition coefficient (Wildman–Crippen LogP) is 2.08. The third-order valence-electron chi connectivity index (χ3n) is 3.47. The SMILES string of the molecule is O=C(NC1CCCC1C(=O)O)c1ccc(C(F)(F)F)nc1. The van der Waals surface area contributed by atoms with Gasteiger partial charge in [0.15, 0.2) is 0 Å². The van der Waals surface area contributed by atoms with Gasteiger partial charge < -0.3 is 10.4 Å². The molecule has 1 aliphatic carbocycles. The molecule has 2 rings (SSSR count). The first-order valence-electron chi connectivity index (χ1n) is 6.36. The number of hydrogen-bond donors (Lipinski definition) is 2. The Morgan fingerprint density at radius 2 is 2.00 bits per heavy atom. The number of carbonyl (C=O) groups is 2. The van der Waals surface area contributed by atoms with Crippen LogP contribution in [0.1, 0.15) is 35.3 Å². The molecule has 0 bridgehead atoms. The summed E-state index contributed by atoms with van der Waals surface area (Å²) < 4.78 is 37.1. The van der Waals surface area contributed by atoms with Gasteiger partial charge in [-0.15, -0.1) is 0 Å². The molecular formula is C13H13F3N2O3. The molecule has 1 aromatic rings. The second kappa shape index (κ2) is 5.71. The molecule has 2 atom stereocenters. The smallest absolute Gasteiger partial charge is 0.433 e. The van der Waals surface area contributed by atoms with Crippen molar-refractivity contribution in [1.82, 2.24) is 10.3 Å². The minimum atomic E-state index is -4.56. The van der Waals surface area contributed by atoms with Crippen LogP contribution in [0.25, 0.3) is 0 Å². The van der Waals surface area contributed by atoms with Gasteiger partial charge in [-0.05, 0) is 25.0 Å². The molecule has 5 nitrogen and oxygen atoms in total. The van der Waals surface area contributed by atoms with E-state index in [1.165, 1.54) is 0 Å². The number of rotatable bonds is 3. The summed E-state index contributed by atoms with van der Waals surface area (Å²) in [5.41, 5.74) is -1.11. The lowest BCUT2D eigenvalue weighted by molar-refractivity contribution is -0.142. The maximum Gasteiger partial charge on any atom is 0.433 e. The lowest BCUT2D eigenvalue weighted by Crippen LogP contribution is -2.40. The van der Waals surface area contributed by atoms with Crippen molar-refractivity contribution in [3.8, 4) is 0 Å². The quantitative estimate of drug-likeness (QED) is 0.896. The van der Waals surface area contributed by atoms with Gasteiger partial charge in [-0.3, -0.25) is 14.6 Å². The van der Waals surface area contributed by atoms with Gasteiger partial charge in [-0.2, -0.15) is 13.2 Å². The molecule has 1 fully saturated rings. The molecule has 2 unspecified atom stereocenters. The van der Waals surface area contributed by atoms with Gasteiger partial charge in [-0.25, -0.2) is 0 Å². The molecule has 2 N–H and O–H groups in total. The molecule has 0 spiro atoms. The Morgan fingerprint density at radius 1 is 1.29 bits per heavy atom. The number of nitrogens with one attached hydrogen (secondary N) is 1. The monoisotopic (exact) mass is 302 g/mol. The summed E-state index contributed by atoms with van der Waals surface area (Å²) in [4.78, 5) is 26.1. The van der Waals surface area contributed by atoms with E-state index in [9.17, 15) is 22.8 Å². The third-order valence-corrected chi connectivity index (χ3v) is 3.47. The Labute approximate surface area is 118 Å². The van der Waals surface area contributed by atoms with Gasteiger partial charge in [0.25, 0.3) is 5.91 Å². The number of hydrogen-bond acceptors (Lipinski definition) is 3. The van der Waals surface area contributed by atoms with Crippen LogP contribution in [0.15, 0.2) is 18.3 Å². The van der Waals surface area contributed by atoms with E-state index in [0.717, 1.165) is 18.3 Å². The van der Waals surface area contributed by atoms with Crippen LogP contribution in [-0.2, 0) is 11.0 Å². The van der Waals surface area contributed by atoms with Crippen LogP contribution >= 0.6 is 0 Å². The van der Waals surface area contributed by atoms with Crippen LogP contribution in [0, 0.1) is 5.92 Å². The van der Waals surface area contributed by atoms with E-state index in [0.29, 0.717) is 19.3 Å². The number of aromatic nitrogens is 1. The van der Waals surface area contributed by atoms with Gasteiger partial charge in [0.2, 0.25) is 0 Å². The Morgan fingerprint density at radius 3 is 2.52 bits per heavy atom. The zero-order chi connectivity index (χ0) is 15.6. The van der Waals surface area contributed by atoms with E-state index in [1.54, 1.807) is 0 Å². The minimum absolute atomic E-state index is 0.0287. The number of nitrogens with zero attached hydrogens (tertiary/aromatic N) is 1. The summed E-state index contributed by atoms with van der Waals surface area (Å²) in [7, 11) is 0. The predicted molar refractivity (Wildman–Crippen MR) is 65.5 cm³/mol. The molecular weight excluding hydrogens is 289 g/mol. The summed E-state index contributed by atoms with van der Waals surface area (Å²) in [6.45, 7) is 0. The lowest BCUT2D eigenvalue weighted by atomic mass is 10.0. The van der Waals surface area contributed by atoms with E-state index < -0.39 is 35.7 Å². The van der Waals surface area contributed by atoms with Crippen molar-refractivity contribution in [3.05, 3.63) is 29.6 Å². The van der Waals surface area contributed by atoms with Crippen LogP contribution in [0.3, 0.4) is 0 Å². The van der Waals surface area contributed by atoms with Crippen molar-refractivity contribution < 1.29 is 27.9 Å². The van der Waals surface area contributed by atoms with Gasteiger partial charge >= 0.3 is 12.1 Å². The Hall–Kier alpha value is -2.12. The molecule has 1 amide bonds. The first kappa shape index (κ1) is 15.3. The fourth-order valence-corrected chi connectivity index (χ4v) is 2.38. The van der Waals surface area contributed by atoms with Gasteiger partial charge in [-0.1, -0.05) is 6.42 Å². The normalized spacial score (nSPS) is 22.0. The number of amides is 1. The topological polar surface area (TPSA) is 79.3 Å². The van der Waals surface area contributed by atoms with Gasteiger partial charge in [0.1, 0.15) is 5.69 Å².